The number of amides is 1. The maximum atomic E-state index is 12.2. The molecule has 4 nitrogen and oxygen atoms in total. The smallest absolute Gasteiger partial charge is 0.340 e. The van der Waals surface area contributed by atoms with Crippen molar-refractivity contribution in [2.75, 3.05) is 0 Å². The van der Waals surface area contributed by atoms with E-state index in [-0.39, 0.29) is 22.5 Å². The number of benzene rings is 2. The lowest BCUT2D eigenvalue weighted by Gasteiger charge is -2.18. The van der Waals surface area contributed by atoms with Gasteiger partial charge in [0.1, 0.15) is 0 Å². The van der Waals surface area contributed by atoms with Crippen LogP contribution in [-0.4, -0.2) is 18.0 Å². The zero-order valence-corrected chi connectivity index (χ0v) is 15.6. The standard InChI is InChI=1S/C18H17BrClNO3/c1-11(13-6-4-3-5-7-13)21-17(22)12(2)24-18(23)15-10-14(19)8-9-16(15)20/h3-12H,1-2H3,(H,21,22). The van der Waals surface area contributed by atoms with Crippen LogP contribution in [0.2, 0.25) is 5.02 Å². The monoisotopic (exact) mass is 409 g/mol. The first-order valence-corrected chi connectivity index (χ1v) is 8.57. The molecule has 0 aliphatic heterocycles. The van der Waals surface area contributed by atoms with E-state index < -0.39 is 12.1 Å². The summed E-state index contributed by atoms with van der Waals surface area (Å²) in [6.45, 7) is 3.39. The van der Waals surface area contributed by atoms with Crippen LogP contribution >= 0.6 is 27.5 Å². The number of hydrogen-bond acceptors (Lipinski definition) is 3. The van der Waals surface area contributed by atoms with Gasteiger partial charge in [0.25, 0.3) is 5.91 Å². The van der Waals surface area contributed by atoms with E-state index in [9.17, 15) is 9.59 Å². The maximum Gasteiger partial charge on any atom is 0.340 e. The molecule has 2 aromatic carbocycles. The predicted molar refractivity (Wildman–Crippen MR) is 97.0 cm³/mol. The van der Waals surface area contributed by atoms with Crippen molar-refractivity contribution in [1.29, 1.82) is 0 Å². The number of nitrogens with one attached hydrogen (secondary N) is 1. The van der Waals surface area contributed by atoms with Crippen molar-refractivity contribution in [2.24, 2.45) is 0 Å². The molecule has 0 saturated heterocycles. The van der Waals surface area contributed by atoms with E-state index in [0.29, 0.717) is 4.47 Å². The molecule has 0 aromatic heterocycles. The summed E-state index contributed by atoms with van der Waals surface area (Å²) in [6.07, 6.45) is -0.932. The highest BCUT2D eigenvalue weighted by Crippen LogP contribution is 2.22. The fraction of sp³-hybridized carbons (Fsp3) is 0.222. The molecule has 24 heavy (non-hydrogen) atoms. The number of halogens is 2. The number of esters is 1. The van der Waals surface area contributed by atoms with Crippen LogP contribution in [0.5, 0.6) is 0 Å². The Morgan fingerprint density at radius 1 is 1.12 bits per heavy atom. The lowest BCUT2D eigenvalue weighted by Crippen LogP contribution is -2.37. The van der Waals surface area contributed by atoms with Crippen molar-refractivity contribution in [1.82, 2.24) is 5.32 Å². The highest BCUT2D eigenvalue weighted by atomic mass is 79.9. The zero-order chi connectivity index (χ0) is 17.7. The second kappa shape index (κ2) is 8.31. The maximum absolute atomic E-state index is 12.2. The third kappa shape index (κ3) is 4.82. The van der Waals surface area contributed by atoms with Crippen molar-refractivity contribution in [3.63, 3.8) is 0 Å². The molecule has 2 atom stereocenters. The summed E-state index contributed by atoms with van der Waals surface area (Å²) >= 11 is 9.27. The second-order valence-corrected chi connectivity index (χ2v) is 6.64. The molecular formula is C18H17BrClNO3. The summed E-state index contributed by atoms with van der Waals surface area (Å²) in [5, 5.41) is 3.09. The Labute approximate surface area is 154 Å². The minimum atomic E-state index is -0.932. The number of hydrogen-bond donors (Lipinski definition) is 1. The Kier molecular flexibility index (Phi) is 6.40. The summed E-state index contributed by atoms with van der Waals surface area (Å²) in [5.41, 5.74) is 1.18. The van der Waals surface area contributed by atoms with Crippen LogP contribution in [0.1, 0.15) is 35.8 Å². The zero-order valence-electron chi connectivity index (χ0n) is 13.3. The Morgan fingerprint density at radius 2 is 1.79 bits per heavy atom. The van der Waals surface area contributed by atoms with Gasteiger partial charge in [-0.3, -0.25) is 4.79 Å². The third-order valence-electron chi connectivity index (χ3n) is 3.46. The van der Waals surface area contributed by atoms with Gasteiger partial charge in [0.2, 0.25) is 0 Å². The first-order valence-electron chi connectivity index (χ1n) is 7.40. The number of carbonyl (C=O) groups excluding carboxylic acids is 2. The molecule has 0 radical (unpaired) electrons. The third-order valence-corrected chi connectivity index (χ3v) is 4.28. The van der Waals surface area contributed by atoms with Crippen molar-refractivity contribution < 1.29 is 14.3 Å². The van der Waals surface area contributed by atoms with Gasteiger partial charge in [0, 0.05) is 4.47 Å². The molecule has 0 heterocycles. The normalized spacial score (nSPS) is 13.0. The van der Waals surface area contributed by atoms with Gasteiger partial charge in [0.05, 0.1) is 16.6 Å². The summed E-state index contributed by atoms with van der Waals surface area (Å²) in [6, 6.07) is 14.2. The quantitative estimate of drug-likeness (QED) is 0.737. The number of rotatable bonds is 5. The topological polar surface area (TPSA) is 55.4 Å². The average Bonchev–Trinajstić information content (AvgIpc) is 2.57. The molecule has 1 N–H and O–H groups in total. The van der Waals surface area contributed by atoms with Crippen LogP contribution in [-0.2, 0) is 9.53 Å². The van der Waals surface area contributed by atoms with E-state index in [1.54, 1.807) is 18.2 Å². The van der Waals surface area contributed by atoms with Crippen molar-refractivity contribution in [2.45, 2.75) is 26.0 Å². The van der Waals surface area contributed by atoms with Crippen LogP contribution in [0.15, 0.2) is 53.0 Å². The lowest BCUT2D eigenvalue weighted by atomic mass is 10.1. The van der Waals surface area contributed by atoms with Crippen LogP contribution in [0.3, 0.4) is 0 Å². The highest BCUT2D eigenvalue weighted by molar-refractivity contribution is 9.10. The van der Waals surface area contributed by atoms with Crippen molar-refractivity contribution in [3.8, 4) is 0 Å². The minimum absolute atomic E-state index is 0.186. The molecule has 126 valence electrons. The molecule has 0 bridgehead atoms. The van der Waals surface area contributed by atoms with E-state index in [0.717, 1.165) is 5.56 Å². The van der Waals surface area contributed by atoms with Crippen LogP contribution in [0.4, 0.5) is 0 Å². The van der Waals surface area contributed by atoms with Gasteiger partial charge in [-0.2, -0.15) is 0 Å². The van der Waals surface area contributed by atoms with Gasteiger partial charge in [-0.05, 0) is 37.6 Å². The second-order valence-electron chi connectivity index (χ2n) is 5.31. The SMILES string of the molecule is CC(OC(=O)c1cc(Br)ccc1Cl)C(=O)NC(C)c1ccccc1. The Hall–Kier alpha value is -1.85. The summed E-state index contributed by atoms with van der Waals surface area (Å²) in [5.74, 6) is -1.01. The molecule has 0 spiro atoms. The first-order chi connectivity index (χ1) is 11.4. The summed E-state index contributed by atoms with van der Waals surface area (Å²) in [4.78, 5) is 24.4. The molecule has 1 amide bonds. The molecule has 2 rings (SSSR count). The molecule has 2 aromatic rings. The van der Waals surface area contributed by atoms with Gasteiger partial charge in [-0.1, -0.05) is 57.9 Å². The van der Waals surface area contributed by atoms with E-state index >= 15 is 0 Å². The largest absolute Gasteiger partial charge is 0.449 e. The van der Waals surface area contributed by atoms with E-state index in [1.165, 1.54) is 6.92 Å². The van der Waals surface area contributed by atoms with E-state index in [1.807, 2.05) is 37.3 Å². The fourth-order valence-corrected chi connectivity index (χ4v) is 2.64. The van der Waals surface area contributed by atoms with Crippen molar-refractivity contribution in [3.05, 3.63) is 69.2 Å². The fourth-order valence-electron chi connectivity index (χ4n) is 2.09. The minimum Gasteiger partial charge on any atom is -0.449 e. The average molecular weight is 411 g/mol. The summed E-state index contributed by atoms with van der Waals surface area (Å²) < 4.78 is 5.92. The van der Waals surface area contributed by atoms with Crippen molar-refractivity contribution >= 4 is 39.4 Å². The van der Waals surface area contributed by atoms with Crippen LogP contribution < -0.4 is 5.32 Å². The molecule has 0 saturated carbocycles. The van der Waals surface area contributed by atoms with Gasteiger partial charge in [-0.15, -0.1) is 0 Å². The molecule has 0 fully saturated rings. The highest BCUT2D eigenvalue weighted by Gasteiger charge is 2.22. The Morgan fingerprint density at radius 3 is 2.46 bits per heavy atom. The summed E-state index contributed by atoms with van der Waals surface area (Å²) in [7, 11) is 0. The predicted octanol–water partition coefficient (Wildman–Crippen LogP) is 4.53. The van der Waals surface area contributed by atoms with E-state index in [4.69, 9.17) is 16.3 Å². The van der Waals surface area contributed by atoms with Gasteiger partial charge >= 0.3 is 5.97 Å². The lowest BCUT2D eigenvalue weighted by molar-refractivity contribution is -0.129. The number of carbonyl (C=O) groups is 2. The Bertz CT molecular complexity index is 736. The molecule has 0 aliphatic carbocycles. The van der Waals surface area contributed by atoms with Gasteiger partial charge < -0.3 is 10.1 Å². The molecular weight excluding hydrogens is 394 g/mol. The molecule has 0 aliphatic rings. The van der Waals surface area contributed by atoms with Gasteiger partial charge in [-0.25, -0.2) is 4.79 Å². The van der Waals surface area contributed by atoms with E-state index in [2.05, 4.69) is 21.2 Å². The number of ether oxygens (including phenoxy) is 1. The van der Waals surface area contributed by atoms with Crippen LogP contribution in [0, 0.1) is 0 Å². The Balaban J connectivity index is 1.98. The molecule has 6 heteroatoms. The molecule has 2 unspecified atom stereocenters. The van der Waals surface area contributed by atoms with Gasteiger partial charge in [0.15, 0.2) is 6.10 Å². The first kappa shape index (κ1) is 18.5. The van der Waals surface area contributed by atoms with Crippen LogP contribution in [0.25, 0.3) is 0 Å².